The summed E-state index contributed by atoms with van der Waals surface area (Å²) in [6, 6.07) is 2.41. The highest BCUT2D eigenvalue weighted by Gasteiger charge is 2.34. The largest absolute Gasteiger partial charge is 0.507 e. The number of hydrogen-bond acceptors (Lipinski definition) is 6. The number of carbonyl (C=O) groups is 1. The van der Waals surface area contributed by atoms with Crippen molar-refractivity contribution in [3.05, 3.63) is 23.8 Å². The minimum atomic E-state index is -4.42. The Kier molecular flexibility index (Phi) is 4.38. The summed E-state index contributed by atoms with van der Waals surface area (Å²) in [5.74, 6) is -0.642. The fraction of sp³-hybridized carbons (Fsp3) is 0.385. The fourth-order valence-electron chi connectivity index (χ4n) is 2.03. The highest BCUT2D eigenvalue weighted by Crippen LogP contribution is 2.26. The van der Waals surface area contributed by atoms with Gasteiger partial charge in [-0.3, -0.25) is 9.35 Å². The molecule has 1 aliphatic heterocycles. The summed E-state index contributed by atoms with van der Waals surface area (Å²) >= 11 is 0. The summed E-state index contributed by atoms with van der Waals surface area (Å²) in [5, 5.41) is 12.5. The molecule has 0 aromatic heterocycles. The van der Waals surface area contributed by atoms with Gasteiger partial charge in [-0.1, -0.05) is 0 Å². The van der Waals surface area contributed by atoms with Crippen molar-refractivity contribution in [3.63, 3.8) is 0 Å². The molecule has 0 radical (unpaired) electrons. The predicted octanol–water partition coefficient (Wildman–Crippen LogP) is 0.309. The van der Waals surface area contributed by atoms with Crippen LogP contribution in [0.5, 0.6) is 5.75 Å². The zero-order valence-electron chi connectivity index (χ0n) is 12.0. The zero-order valence-corrected chi connectivity index (χ0v) is 12.8. The number of nitrogens with zero attached hydrogens (tertiary/aromatic N) is 1. The Labute approximate surface area is 127 Å². The summed E-state index contributed by atoms with van der Waals surface area (Å²) in [7, 11) is -4.42. The molecule has 3 N–H and O–H groups in total. The van der Waals surface area contributed by atoms with Gasteiger partial charge in [0.2, 0.25) is 11.8 Å². The van der Waals surface area contributed by atoms with Gasteiger partial charge in [0.05, 0.1) is 10.5 Å². The molecule has 0 unspecified atom stereocenters. The molecule has 0 spiro atoms. The fourth-order valence-corrected chi connectivity index (χ4v) is 2.54. The molecule has 0 fully saturated rings. The summed E-state index contributed by atoms with van der Waals surface area (Å²) in [4.78, 5) is 15.5. The maximum Gasteiger partial charge on any atom is 0.294 e. The van der Waals surface area contributed by atoms with Crippen LogP contribution < -0.4 is 5.32 Å². The normalized spacial score (nSPS) is 21.1. The predicted molar refractivity (Wildman–Crippen MR) is 77.5 cm³/mol. The third-order valence-corrected chi connectivity index (χ3v) is 3.96. The van der Waals surface area contributed by atoms with Crippen molar-refractivity contribution in [1.29, 1.82) is 0 Å². The van der Waals surface area contributed by atoms with Crippen LogP contribution >= 0.6 is 0 Å². The highest BCUT2D eigenvalue weighted by molar-refractivity contribution is 7.85. The minimum Gasteiger partial charge on any atom is -0.507 e. The molecule has 1 heterocycles. The number of ether oxygens (including phenoxy) is 1. The van der Waals surface area contributed by atoms with Gasteiger partial charge >= 0.3 is 0 Å². The molecular weight excluding hydrogens is 312 g/mol. The van der Waals surface area contributed by atoms with Crippen LogP contribution in [0.1, 0.15) is 19.4 Å². The number of carbonyl (C=O) groups excluding carboxylic acids is 1. The molecule has 9 heteroatoms. The van der Waals surface area contributed by atoms with Crippen molar-refractivity contribution < 1.29 is 27.6 Å². The number of phenols is 1. The van der Waals surface area contributed by atoms with E-state index in [9.17, 15) is 18.3 Å². The average molecular weight is 328 g/mol. The number of benzene rings is 1. The van der Waals surface area contributed by atoms with E-state index in [1.165, 1.54) is 0 Å². The number of aliphatic imine (C=N–C) groups is 1. The smallest absolute Gasteiger partial charge is 0.294 e. The number of likely N-dealkylation sites (N-methyl/N-ethyl adjacent to an activating group) is 1. The molecule has 0 saturated carbocycles. The van der Waals surface area contributed by atoms with Gasteiger partial charge in [-0.05, 0) is 32.0 Å². The Bertz CT molecular complexity index is 728. The first-order chi connectivity index (χ1) is 10.2. The van der Waals surface area contributed by atoms with E-state index >= 15 is 0 Å². The van der Waals surface area contributed by atoms with Crippen LogP contribution in [0, 0.1) is 0 Å². The summed E-state index contributed by atoms with van der Waals surface area (Å²) in [6.07, 6.45) is -0.560. The maximum atomic E-state index is 11.8. The molecule has 0 saturated heterocycles. The van der Waals surface area contributed by atoms with Crippen LogP contribution in [0.2, 0.25) is 0 Å². The van der Waals surface area contributed by atoms with Crippen molar-refractivity contribution in [2.75, 3.05) is 6.54 Å². The van der Waals surface area contributed by atoms with Gasteiger partial charge in [0.25, 0.3) is 10.1 Å². The van der Waals surface area contributed by atoms with Crippen molar-refractivity contribution in [2.45, 2.75) is 30.9 Å². The lowest BCUT2D eigenvalue weighted by Gasteiger charge is -2.12. The number of nitrogens with one attached hydrogen (secondary N) is 1. The number of phenolic OH excluding ortho intramolecular Hbond substituents is 1. The number of rotatable bonds is 4. The van der Waals surface area contributed by atoms with Crippen LogP contribution in [0.25, 0.3) is 0 Å². The van der Waals surface area contributed by atoms with E-state index < -0.39 is 27.2 Å². The number of amides is 1. The lowest BCUT2D eigenvalue weighted by molar-refractivity contribution is -0.123. The molecule has 8 nitrogen and oxygen atoms in total. The average Bonchev–Trinajstić information content (AvgIpc) is 2.80. The van der Waals surface area contributed by atoms with Gasteiger partial charge in [0.1, 0.15) is 11.9 Å². The van der Waals surface area contributed by atoms with Crippen molar-refractivity contribution in [2.24, 2.45) is 4.99 Å². The van der Waals surface area contributed by atoms with E-state index in [0.717, 1.165) is 18.2 Å². The van der Waals surface area contributed by atoms with Crippen LogP contribution in [-0.4, -0.2) is 48.6 Å². The second-order valence-corrected chi connectivity index (χ2v) is 6.17. The van der Waals surface area contributed by atoms with Gasteiger partial charge in [0.15, 0.2) is 6.04 Å². The molecule has 120 valence electrons. The van der Waals surface area contributed by atoms with E-state index in [-0.39, 0.29) is 23.1 Å². The van der Waals surface area contributed by atoms with Crippen LogP contribution in [0.15, 0.2) is 28.1 Å². The van der Waals surface area contributed by atoms with E-state index in [1.807, 2.05) is 0 Å². The van der Waals surface area contributed by atoms with Crippen molar-refractivity contribution in [3.8, 4) is 5.75 Å². The second kappa shape index (κ2) is 5.93. The molecule has 22 heavy (non-hydrogen) atoms. The lowest BCUT2D eigenvalue weighted by Crippen LogP contribution is -2.38. The molecule has 2 atom stereocenters. The molecule has 1 aromatic carbocycles. The van der Waals surface area contributed by atoms with Gasteiger partial charge < -0.3 is 15.2 Å². The standard InChI is InChI=1S/C13H16N2O6S/c1-3-14-12(17)11-7(2)21-13(15-11)9-6-8(22(18,19)20)4-5-10(9)16/h4-7,11,16H,3H2,1-2H3,(H,14,17)(H,18,19,20)/t7-,11-/m0/s1. The van der Waals surface area contributed by atoms with Gasteiger partial charge in [-0.25, -0.2) is 4.99 Å². The van der Waals surface area contributed by atoms with Crippen LogP contribution in [0.4, 0.5) is 0 Å². The van der Waals surface area contributed by atoms with E-state index in [0.29, 0.717) is 6.54 Å². The molecule has 0 bridgehead atoms. The Morgan fingerprint density at radius 1 is 1.45 bits per heavy atom. The van der Waals surface area contributed by atoms with Gasteiger partial charge in [0, 0.05) is 6.54 Å². The first-order valence-electron chi connectivity index (χ1n) is 6.57. The highest BCUT2D eigenvalue weighted by atomic mass is 32.2. The Balaban J connectivity index is 2.40. The monoisotopic (exact) mass is 328 g/mol. The molecule has 1 aromatic rings. The zero-order chi connectivity index (χ0) is 16.5. The molecule has 0 aliphatic carbocycles. The van der Waals surface area contributed by atoms with E-state index in [2.05, 4.69) is 10.3 Å². The van der Waals surface area contributed by atoms with Crippen LogP contribution in [0.3, 0.4) is 0 Å². The quantitative estimate of drug-likeness (QED) is 0.683. The maximum absolute atomic E-state index is 11.8. The molecular formula is C13H16N2O6S. The van der Waals surface area contributed by atoms with Gasteiger partial charge in [-0.15, -0.1) is 0 Å². The van der Waals surface area contributed by atoms with Crippen LogP contribution in [-0.2, 0) is 19.6 Å². The Morgan fingerprint density at radius 3 is 2.73 bits per heavy atom. The summed E-state index contributed by atoms with van der Waals surface area (Å²) < 4.78 is 36.8. The SMILES string of the molecule is CCNC(=O)[C@H]1N=C(c2cc(S(=O)(=O)O)ccc2O)O[C@H]1C. The van der Waals surface area contributed by atoms with Crippen molar-refractivity contribution in [1.82, 2.24) is 5.32 Å². The second-order valence-electron chi connectivity index (χ2n) is 4.75. The minimum absolute atomic E-state index is 0.00577. The number of aromatic hydroxyl groups is 1. The van der Waals surface area contributed by atoms with E-state index in [1.54, 1.807) is 13.8 Å². The van der Waals surface area contributed by atoms with E-state index in [4.69, 9.17) is 9.29 Å². The summed E-state index contributed by atoms with van der Waals surface area (Å²) in [6.45, 7) is 3.85. The summed E-state index contributed by atoms with van der Waals surface area (Å²) in [5.41, 5.74) is -0.00577. The topological polar surface area (TPSA) is 125 Å². The molecule has 1 aliphatic rings. The van der Waals surface area contributed by atoms with Crippen molar-refractivity contribution >= 4 is 21.9 Å². The Hall–Kier alpha value is -2.13. The third kappa shape index (κ3) is 3.20. The first kappa shape index (κ1) is 16.2. The number of hydrogen-bond donors (Lipinski definition) is 3. The molecule has 1 amide bonds. The lowest BCUT2D eigenvalue weighted by atomic mass is 10.2. The molecule has 2 rings (SSSR count). The first-order valence-corrected chi connectivity index (χ1v) is 8.01. The third-order valence-electron chi connectivity index (χ3n) is 3.11. The van der Waals surface area contributed by atoms with Gasteiger partial charge in [-0.2, -0.15) is 8.42 Å². The Morgan fingerprint density at radius 2 is 2.14 bits per heavy atom.